The molecule has 2 rings (SSSR count). The molecule has 16 heavy (non-hydrogen) atoms. The summed E-state index contributed by atoms with van der Waals surface area (Å²) in [5.74, 6) is -0.104. The van der Waals surface area contributed by atoms with E-state index >= 15 is 0 Å². The summed E-state index contributed by atoms with van der Waals surface area (Å²) in [6.45, 7) is 0.137. The molecule has 0 saturated carbocycles. The van der Waals surface area contributed by atoms with Gasteiger partial charge in [0.25, 0.3) is 0 Å². The van der Waals surface area contributed by atoms with Crippen molar-refractivity contribution < 1.29 is 13.5 Å². The largest absolute Gasteiger partial charge is 0.489 e. The molecular formula is C13H10F2O. The first-order valence-corrected chi connectivity index (χ1v) is 4.87. The third kappa shape index (κ3) is 2.57. The van der Waals surface area contributed by atoms with Gasteiger partial charge < -0.3 is 4.74 Å². The summed E-state index contributed by atoms with van der Waals surface area (Å²) in [5, 5.41) is 0. The Morgan fingerprint density at radius 3 is 2.25 bits per heavy atom. The van der Waals surface area contributed by atoms with Crippen molar-refractivity contribution in [1.82, 2.24) is 0 Å². The van der Waals surface area contributed by atoms with Crippen LogP contribution < -0.4 is 4.74 Å². The van der Waals surface area contributed by atoms with E-state index in [1.807, 2.05) is 0 Å². The van der Waals surface area contributed by atoms with Crippen molar-refractivity contribution in [2.24, 2.45) is 0 Å². The minimum atomic E-state index is -0.321. The van der Waals surface area contributed by atoms with Gasteiger partial charge >= 0.3 is 0 Å². The van der Waals surface area contributed by atoms with Gasteiger partial charge in [0.15, 0.2) is 0 Å². The minimum absolute atomic E-state index is 0.137. The smallest absolute Gasteiger partial charge is 0.129 e. The molecule has 0 aliphatic heterocycles. The van der Waals surface area contributed by atoms with E-state index in [-0.39, 0.29) is 18.2 Å². The second-order valence-electron chi connectivity index (χ2n) is 3.33. The summed E-state index contributed by atoms with van der Waals surface area (Å²) >= 11 is 0. The zero-order valence-electron chi connectivity index (χ0n) is 8.49. The fourth-order valence-electron chi connectivity index (χ4n) is 1.31. The third-order valence-electron chi connectivity index (χ3n) is 2.17. The van der Waals surface area contributed by atoms with Crippen molar-refractivity contribution in [3.8, 4) is 5.75 Å². The van der Waals surface area contributed by atoms with Gasteiger partial charge in [0.2, 0.25) is 0 Å². The molecule has 0 atom stereocenters. The first-order chi connectivity index (χ1) is 7.75. The van der Waals surface area contributed by atoms with E-state index < -0.39 is 0 Å². The molecule has 0 fully saturated rings. The summed E-state index contributed by atoms with van der Waals surface area (Å²) in [7, 11) is 0. The molecule has 0 aromatic heterocycles. The summed E-state index contributed by atoms with van der Waals surface area (Å²) in [6, 6.07) is 12.0. The Balaban J connectivity index is 2.02. The van der Waals surface area contributed by atoms with E-state index in [2.05, 4.69) is 0 Å². The van der Waals surface area contributed by atoms with Crippen LogP contribution in [0.25, 0.3) is 0 Å². The molecule has 0 N–H and O–H groups in total. The molecule has 3 heteroatoms. The van der Waals surface area contributed by atoms with Gasteiger partial charge in [-0.1, -0.05) is 18.2 Å². The maximum atomic E-state index is 13.2. The molecule has 0 amide bonds. The molecule has 0 heterocycles. The molecule has 0 unspecified atom stereocenters. The molecule has 0 bridgehead atoms. The quantitative estimate of drug-likeness (QED) is 0.768. The second-order valence-corrected chi connectivity index (χ2v) is 3.33. The molecule has 0 aliphatic rings. The van der Waals surface area contributed by atoms with Crippen LogP contribution in [0.5, 0.6) is 5.75 Å². The number of rotatable bonds is 3. The maximum absolute atomic E-state index is 13.2. The number of benzene rings is 2. The summed E-state index contributed by atoms with van der Waals surface area (Å²) in [5.41, 5.74) is 0.479. The van der Waals surface area contributed by atoms with Crippen LogP contribution in [0, 0.1) is 11.6 Å². The van der Waals surface area contributed by atoms with Crippen LogP contribution in [-0.4, -0.2) is 0 Å². The van der Waals surface area contributed by atoms with Gasteiger partial charge in [-0.25, -0.2) is 8.78 Å². The Morgan fingerprint density at radius 2 is 1.56 bits per heavy atom. The van der Waals surface area contributed by atoms with Crippen molar-refractivity contribution in [1.29, 1.82) is 0 Å². The first-order valence-electron chi connectivity index (χ1n) is 4.87. The fourth-order valence-corrected chi connectivity index (χ4v) is 1.31. The van der Waals surface area contributed by atoms with Crippen LogP contribution in [0.3, 0.4) is 0 Å². The highest BCUT2D eigenvalue weighted by Gasteiger charge is 2.01. The lowest BCUT2D eigenvalue weighted by atomic mass is 10.2. The van der Waals surface area contributed by atoms with Crippen molar-refractivity contribution in [2.45, 2.75) is 6.61 Å². The summed E-state index contributed by atoms with van der Waals surface area (Å²) < 4.78 is 31.1. The van der Waals surface area contributed by atoms with Gasteiger partial charge in [0.1, 0.15) is 24.0 Å². The molecule has 1 nitrogen and oxygen atoms in total. The topological polar surface area (TPSA) is 9.23 Å². The summed E-state index contributed by atoms with van der Waals surface area (Å²) in [6.07, 6.45) is 0. The molecule has 0 saturated heterocycles. The lowest BCUT2D eigenvalue weighted by Crippen LogP contribution is -1.97. The normalized spacial score (nSPS) is 10.1. The Kier molecular flexibility index (Phi) is 3.15. The van der Waals surface area contributed by atoms with Crippen molar-refractivity contribution in [2.75, 3.05) is 0 Å². The zero-order valence-corrected chi connectivity index (χ0v) is 8.49. The number of hydrogen-bond donors (Lipinski definition) is 0. The van der Waals surface area contributed by atoms with Crippen LogP contribution in [0.1, 0.15) is 5.56 Å². The first kappa shape index (κ1) is 10.6. The Bertz CT molecular complexity index is 466. The Hall–Kier alpha value is -1.90. The van der Waals surface area contributed by atoms with Crippen molar-refractivity contribution >= 4 is 0 Å². The lowest BCUT2D eigenvalue weighted by Gasteiger charge is -2.06. The Labute approximate surface area is 92.3 Å². The fraction of sp³-hybridized carbons (Fsp3) is 0.0769. The van der Waals surface area contributed by atoms with Crippen molar-refractivity contribution in [3.63, 3.8) is 0 Å². The van der Waals surface area contributed by atoms with Gasteiger partial charge in [0, 0.05) is 5.56 Å². The van der Waals surface area contributed by atoms with E-state index in [4.69, 9.17) is 4.74 Å². The van der Waals surface area contributed by atoms with E-state index in [1.54, 1.807) is 18.2 Å². The molecule has 0 spiro atoms. The van der Waals surface area contributed by atoms with Crippen LogP contribution in [0.2, 0.25) is 0 Å². The van der Waals surface area contributed by atoms with Gasteiger partial charge in [-0.2, -0.15) is 0 Å². The molecule has 2 aromatic carbocycles. The average molecular weight is 220 g/mol. The molecular weight excluding hydrogens is 210 g/mol. The third-order valence-corrected chi connectivity index (χ3v) is 2.17. The molecule has 0 radical (unpaired) electrons. The number of hydrogen-bond acceptors (Lipinski definition) is 1. The van der Waals surface area contributed by atoms with Gasteiger partial charge in [-0.05, 0) is 30.3 Å². The SMILES string of the molecule is Fc1ccc(OCc2ccccc2F)cc1. The standard InChI is InChI=1S/C13H10F2O/c14-11-5-7-12(8-6-11)16-9-10-3-1-2-4-13(10)15/h1-8H,9H2. The highest BCUT2D eigenvalue weighted by atomic mass is 19.1. The molecule has 82 valence electrons. The monoisotopic (exact) mass is 220 g/mol. The maximum Gasteiger partial charge on any atom is 0.129 e. The van der Waals surface area contributed by atoms with Gasteiger partial charge in [0.05, 0.1) is 0 Å². The predicted octanol–water partition coefficient (Wildman–Crippen LogP) is 3.54. The predicted molar refractivity (Wildman–Crippen MR) is 57.1 cm³/mol. The lowest BCUT2D eigenvalue weighted by molar-refractivity contribution is 0.299. The van der Waals surface area contributed by atoms with E-state index in [1.165, 1.54) is 30.3 Å². The van der Waals surface area contributed by atoms with Gasteiger partial charge in [-0.15, -0.1) is 0 Å². The number of halogens is 2. The zero-order chi connectivity index (χ0) is 11.4. The highest BCUT2D eigenvalue weighted by Crippen LogP contribution is 2.14. The number of ether oxygens (including phenoxy) is 1. The summed E-state index contributed by atoms with van der Waals surface area (Å²) in [4.78, 5) is 0. The van der Waals surface area contributed by atoms with Crippen molar-refractivity contribution in [3.05, 3.63) is 65.7 Å². The minimum Gasteiger partial charge on any atom is -0.489 e. The van der Waals surface area contributed by atoms with E-state index in [0.717, 1.165) is 0 Å². The van der Waals surface area contributed by atoms with E-state index in [9.17, 15) is 8.78 Å². The van der Waals surface area contributed by atoms with Crippen LogP contribution in [0.4, 0.5) is 8.78 Å². The highest BCUT2D eigenvalue weighted by molar-refractivity contribution is 5.23. The van der Waals surface area contributed by atoms with Crippen LogP contribution in [0.15, 0.2) is 48.5 Å². The molecule has 2 aromatic rings. The second kappa shape index (κ2) is 4.75. The van der Waals surface area contributed by atoms with E-state index in [0.29, 0.717) is 11.3 Å². The van der Waals surface area contributed by atoms with Gasteiger partial charge in [-0.3, -0.25) is 0 Å². The van der Waals surface area contributed by atoms with Crippen LogP contribution >= 0.6 is 0 Å². The average Bonchev–Trinajstić information content (AvgIpc) is 2.30. The molecule has 0 aliphatic carbocycles. The Morgan fingerprint density at radius 1 is 0.875 bits per heavy atom. The van der Waals surface area contributed by atoms with Crippen LogP contribution in [-0.2, 0) is 6.61 Å².